The van der Waals surface area contributed by atoms with Crippen LogP contribution < -0.4 is 5.32 Å². The first-order valence-corrected chi connectivity index (χ1v) is 6.99. The van der Waals surface area contributed by atoms with E-state index in [1.54, 1.807) is 0 Å². The molecular weight excluding hydrogens is 194 g/mol. The van der Waals surface area contributed by atoms with Gasteiger partial charge in [0.1, 0.15) is 0 Å². The summed E-state index contributed by atoms with van der Waals surface area (Å²) >= 11 is 2.11. The van der Waals surface area contributed by atoms with Gasteiger partial charge in [-0.1, -0.05) is 0 Å². The van der Waals surface area contributed by atoms with Gasteiger partial charge in [-0.2, -0.15) is 11.8 Å². The Balaban J connectivity index is 1.62. The van der Waals surface area contributed by atoms with Crippen molar-refractivity contribution in [1.29, 1.82) is 0 Å². The largest absolute Gasteiger partial charge is 0.381 e. The number of rotatable bonds is 3. The van der Waals surface area contributed by atoms with Crippen LogP contribution in [0.4, 0.5) is 0 Å². The van der Waals surface area contributed by atoms with Crippen LogP contribution in [0.1, 0.15) is 25.7 Å². The summed E-state index contributed by atoms with van der Waals surface area (Å²) in [5, 5.41) is 3.71. The molecule has 0 saturated carbocycles. The van der Waals surface area contributed by atoms with Crippen LogP contribution in [0, 0.1) is 5.92 Å². The molecule has 3 heteroatoms. The molecule has 82 valence electrons. The zero-order valence-electron chi connectivity index (χ0n) is 8.84. The Kier molecular flexibility index (Phi) is 4.61. The normalized spacial score (nSPS) is 34.3. The van der Waals surface area contributed by atoms with Crippen molar-refractivity contribution in [3.8, 4) is 0 Å². The second-order valence-corrected chi connectivity index (χ2v) is 5.53. The van der Waals surface area contributed by atoms with Crippen molar-refractivity contribution >= 4 is 11.8 Å². The molecule has 0 aromatic carbocycles. The first-order chi connectivity index (χ1) is 6.95. The van der Waals surface area contributed by atoms with E-state index in [4.69, 9.17) is 4.74 Å². The van der Waals surface area contributed by atoms with E-state index < -0.39 is 0 Å². The highest BCUT2D eigenvalue weighted by atomic mass is 32.2. The lowest BCUT2D eigenvalue weighted by Crippen LogP contribution is -2.33. The van der Waals surface area contributed by atoms with E-state index in [-0.39, 0.29) is 0 Å². The highest BCUT2D eigenvalue weighted by Gasteiger charge is 2.17. The summed E-state index contributed by atoms with van der Waals surface area (Å²) < 4.78 is 5.45. The van der Waals surface area contributed by atoms with Crippen LogP contribution in [0.15, 0.2) is 0 Å². The van der Waals surface area contributed by atoms with E-state index in [9.17, 15) is 0 Å². The van der Waals surface area contributed by atoms with Gasteiger partial charge >= 0.3 is 0 Å². The maximum absolute atomic E-state index is 5.45. The second-order valence-electron chi connectivity index (χ2n) is 4.38. The highest BCUT2D eigenvalue weighted by Crippen LogP contribution is 2.23. The average Bonchev–Trinajstić information content (AvgIpc) is 2.58. The van der Waals surface area contributed by atoms with Gasteiger partial charge in [0.15, 0.2) is 0 Å². The minimum absolute atomic E-state index is 0.725. The predicted molar refractivity (Wildman–Crippen MR) is 61.9 cm³/mol. The monoisotopic (exact) mass is 215 g/mol. The van der Waals surface area contributed by atoms with E-state index in [0.29, 0.717) is 0 Å². The fourth-order valence-electron chi connectivity index (χ4n) is 2.19. The van der Waals surface area contributed by atoms with Gasteiger partial charge in [-0.25, -0.2) is 0 Å². The Morgan fingerprint density at radius 3 is 3.07 bits per heavy atom. The van der Waals surface area contributed by atoms with Crippen molar-refractivity contribution < 1.29 is 4.74 Å². The lowest BCUT2D eigenvalue weighted by atomic mass is 10.1. The van der Waals surface area contributed by atoms with Gasteiger partial charge in [0.05, 0.1) is 0 Å². The summed E-state index contributed by atoms with van der Waals surface area (Å²) in [5.41, 5.74) is 0. The van der Waals surface area contributed by atoms with E-state index in [1.165, 1.54) is 43.7 Å². The highest BCUT2D eigenvalue weighted by molar-refractivity contribution is 7.99. The van der Waals surface area contributed by atoms with Crippen LogP contribution in [0.3, 0.4) is 0 Å². The standard InChI is InChI=1S/C11H21NOS/c1-2-11(3-6-13-5-1)12-8-10-4-7-14-9-10/h10-12H,1-9H2. The van der Waals surface area contributed by atoms with Crippen molar-refractivity contribution in [2.24, 2.45) is 5.92 Å². The minimum Gasteiger partial charge on any atom is -0.381 e. The molecule has 0 spiro atoms. The van der Waals surface area contributed by atoms with Crippen molar-refractivity contribution in [2.75, 3.05) is 31.3 Å². The third-order valence-corrected chi connectivity index (χ3v) is 4.40. The smallest absolute Gasteiger partial charge is 0.0480 e. The van der Waals surface area contributed by atoms with Crippen LogP contribution in [0.5, 0.6) is 0 Å². The summed E-state index contributed by atoms with van der Waals surface area (Å²) in [7, 11) is 0. The zero-order valence-corrected chi connectivity index (χ0v) is 9.65. The fraction of sp³-hybridized carbons (Fsp3) is 1.00. The Bertz CT molecular complexity index is 151. The third-order valence-electron chi connectivity index (χ3n) is 3.17. The van der Waals surface area contributed by atoms with Gasteiger partial charge in [0.2, 0.25) is 0 Å². The van der Waals surface area contributed by atoms with Crippen LogP contribution in [-0.2, 0) is 4.74 Å². The molecule has 0 aliphatic carbocycles. The molecular formula is C11H21NOS. The van der Waals surface area contributed by atoms with Gasteiger partial charge in [-0.15, -0.1) is 0 Å². The fourth-order valence-corrected chi connectivity index (χ4v) is 3.47. The van der Waals surface area contributed by atoms with Gasteiger partial charge in [0.25, 0.3) is 0 Å². The van der Waals surface area contributed by atoms with Crippen molar-refractivity contribution in [3.63, 3.8) is 0 Å². The maximum atomic E-state index is 5.45. The molecule has 2 unspecified atom stereocenters. The molecule has 0 radical (unpaired) electrons. The topological polar surface area (TPSA) is 21.3 Å². The maximum Gasteiger partial charge on any atom is 0.0480 e. The molecule has 2 atom stereocenters. The van der Waals surface area contributed by atoms with E-state index >= 15 is 0 Å². The van der Waals surface area contributed by atoms with E-state index in [2.05, 4.69) is 17.1 Å². The number of nitrogens with one attached hydrogen (secondary N) is 1. The molecule has 2 fully saturated rings. The van der Waals surface area contributed by atoms with Crippen molar-refractivity contribution in [3.05, 3.63) is 0 Å². The van der Waals surface area contributed by atoms with Crippen LogP contribution in [-0.4, -0.2) is 37.3 Å². The number of hydrogen-bond donors (Lipinski definition) is 1. The van der Waals surface area contributed by atoms with Gasteiger partial charge in [-0.3, -0.25) is 0 Å². The molecule has 2 aliphatic rings. The van der Waals surface area contributed by atoms with Gasteiger partial charge in [-0.05, 0) is 49.7 Å². The van der Waals surface area contributed by atoms with Gasteiger partial charge < -0.3 is 10.1 Å². The molecule has 0 amide bonds. The molecule has 0 aromatic rings. The van der Waals surface area contributed by atoms with Crippen LogP contribution >= 0.6 is 11.8 Å². The molecule has 14 heavy (non-hydrogen) atoms. The zero-order chi connectivity index (χ0) is 9.64. The summed E-state index contributed by atoms with van der Waals surface area (Å²) in [6.45, 7) is 3.16. The molecule has 0 bridgehead atoms. The molecule has 2 saturated heterocycles. The molecule has 2 rings (SSSR count). The summed E-state index contributed by atoms with van der Waals surface area (Å²) in [5.74, 6) is 3.68. The van der Waals surface area contributed by atoms with Crippen LogP contribution in [0.2, 0.25) is 0 Å². The second kappa shape index (κ2) is 5.99. The predicted octanol–water partition coefficient (Wildman–Crippen LogP) is 1.90. The number of hydrogen-bond acceptors (Lipinski definition) is 3. The summed E-state index contributed by atoms with van der Waals surface area (Å²) in [6, 6.07) is 0.725. The first kappa shape index (κ1) is 10.8. The quantitative estimate of drug-likeness (QED) is 0.777. The summed E-state index contributed by atoms with van der Waals surface area (Å²) in [6.07, 6.45) is 5.16. The van der Waals surface area contributed by atoms with Crippen molar-refractivity contribution in [2.45, 2.75) is 31.7 Å². The van der Waals surface area contributed by atoms with Crippen molar-refractivity contribution in [1.82, 2.24) is 5.32 Å². The molecule has 1 N–H and O–H groups in total. The Labute approximate surface area is 91.2 Å². The molecule has 2 heterocycles. The Morgan fingerprint density at radius 1 is 1.21 bits per heavy atom. The van der Waals surface area contributed by atoms with Crippen LogP contribution in [0.25, 0.3) is 0 Å². The lowest BCUT2D eigenvalue weighted by Gasteiger charge is -2.18. The minimum atomic E-state index is 0.725. The SMILES string of the molecule is C1COCCC(NCC2CCSC2)C1. The van der Waals surface area contributed by atoms with Gasteiger partial charge in [0, 0.05) is 19.3 Å². The Morgan fingerprint density at radius 2 is 2.21 bits per heavy atom. The molecule has 2 aliphatic heterocycles. The third kappa shape index (κ3) is 3.44. The average molecular weight is 215 g/mol. The van der Waals surface area contributed by atoms with E-state index in [1.807, 2.05) is 0 Å². The number of thioether (sulfide) groups is 1. The Hall–Kier alpha value is 0.270. The summed E-state index contributed by atoms with van der Waals surface area (Å²) in [4.78, 5) is 0. The lowest BCUT2D eigenvalue weighted by molar-refractivity contribution is 0.142. The molecule has 2 nitrogen and oxygen atoms in total. The number of ether oxygens (including phenoxy) is 1. The van der Waals surface area contributed by atoms with E-state index in [0.717, 1.165) is 25.2 Å². The first-order valence-electron chi connectivity index (χ1n) is 5.84. The molecule has 0 aromatic heterocycles.